The van der Waals surface area contributed by atoms with E-state index in [1.165, 1.54) is 6.42 Å². The summed E-state index contributed by atoms with van der Waals surface area (Å²) < 4.78 is 5.13. The number of esters is 1. The molecule has 0 radical (unpaired) electrons. The van der Waals surface area contributed by atoms with Gasteiger partial charge in [0.05, 0.1) is 6.42 Å². The number of carboxylic acids is 1. The molecule has 1 aliphatic carbocycles. The van der Waals surface area contributed by atoms with Gasteiger partial charge < -0.3 is 15.6 Å². The van der Waals surface area contributed by atoms with E-state index < -0.39 is 18.0 Å². The van der Waals surface area contributed by atoms with Gasteiger partial charge in [-0.1, -0.05) is 6.42 Å². The Morgan fingerprint density at radius 2 is 1.93 bits per heavy atom. The van der Waals surface area contributed by atoms with Gasteiger partial charge in [-0.25, -0.2) is 0 Å². The zero-order valence-electron chi connectivity index (χ0n) is 8.65. The summed E-state index contributed by atoms with van der Waals surface area (Å²) in [6.07, 6.45) is 4.60. The Bertz CT molecular complexity index is 236. The summed E-state index contributed by atoms with van der Waals surface area (Å²) in [7, 11) is 0. The normalized spacial score (nSPS) is 19.5. The first-order valence-corrected chi connectivity index (χ1v) is 5.27. The molecule has 0 heterocycles. The third kappa shape index (κ3) is 4.29. The molecule has 3 N–H and O–H groups in total. The second-order valence-electron chi connectivity index (χ2n) is 3.90. The first-order valence-electron chi connectivity index (χ1n) is 5.27. The number of nitrogens with two attached hydrogens (primary N) is 1. The predicted octanol–water partition coefficient (Wildman–Crippen LogP) is 0.664. The molecule has 0 aromatic heterocycles. The zero-order valence-corrected chi connectivity index (χ0v) is 8.65. The minimum absolute atomic E-state index is 0.0638. The van der Waals surface area contributed by atoms with Crippen molar-refractivity contribution in [3.8, 4) is 0 Å². The second kappa shape index (κ2) is 5.70. The molecular weight excluding hydrogens is 198 g/mol. The first kappa shape index (κ1) is 12.0. The van der Waals surface area contributed by atoms with E-state index in [0.717, 1.165) is 25.7 Å². The Balaban J connectivity index is 2.30. The van der Waals surface area contributed by atoms with E-state index in [-0.39, 0.29) is 12.5 Å². The van der Waals surface area contributed by atoms with Crippen LogP contribution in [-0.4, -0.2) is 29.2 Å². The highest BCUT2D eigenvalue weighted by molar-refractivity contribution is 5.81. The maximum atomic E-state index is 11.3. The highest BCUT2D eigenvalue weighted by Gasteiger charge is 2.23. The lowest BCUT2D eigenvalue weighted by Gasteiger charge is -2.23. The van der Waals surface area contributed by atoms with Crippen molar-refractivity contribution in [1.29, 1.82) is 0 Å². The molecule has 1 aliphatic rings. The summed E-state index contributed by atoms with van der Waals surface area (Å²) >= 11 is 0. The third-order valence-electron chi connectivity index (χ3n) is 2.53. The standard InChI is InChI=1S/C10H17NO4/c11-8(6-9(12)13)10(14)15-7-4-2-1-3-5-7/h7-8H,1-6,11H2,(H,12,13)/t8-/m1/s1. The number of rotatable bonds is 4. The first-order chi connectivity index (χ1) is 7.09. The van der Waals surface area contributed by atoms with E-state index in [2.05, 4.69) is 0 Å². The lowest BCUT2D eigenvalue weighted by Crippen LogP contribution is -2.37. The molecule has 0 saturated heterocycles. The van der Waals surface area contributed by atoms with Crippen molar-refractivity contribution in [1.82, 2.24) is 0 Å². The molecule has 0 spiro atoms. The highest BCUT2D eigenvalue weighted by atomic mass is 16.5. The summed E-state index contributed by atoms with van der Waals surface area (Å²) in [5.41, 5.74) is 5.38. The molecule has 5 nitrogen and oxygen atoms in total. The van der Waals surface area contributed by atoms with Crippen molar-refractivity contribution >= 4 is 11.9 Å². The van der Waals surface area contributed by atoms with E-state index >= 15 is 0 Å². The maximum absolute atomic E-state index is 11.3. The van der Waals surface area contributed by atoms with Crippen LogP contribution >= 0.6 is 0 Å². The van der Waals surface area contributed by atoms with E-state index in [4.69, 9.17) is 15.6 Å². The monoisotopic (exact) mass is 215 g/mol. The molecule has 1 saturated carbocycles. The molecular formula is C10H17NO4. The van der Waals surface area contributed by atoms with Crippen molar-refractivity contribution in [3.63, 3.8) is 0 Å². The van der Waals surface area contributed by atoms with Gasteiger partial charge >= 0.3 is 11.9 Å². The Labute approximate surface area is 88.6 Å². The number of aliphatic carboxylic acids is 1. The number of carbonyl (C=O) groups is 2. The van der Waals surface area contributed by atoms with E-state index in [9.17, 15) is 9.59 Å². The van der Waals surface area contributed by atoms with Gasteiger partial charge in [0.25, 0.3) is 0 Å². The molecule has 15 heavy (non-hydrogen) atoms. The molecule has 0 aromatic carbocycles. The molecule has 0 amide bonds. The molecule has 86 valence electrons. The Morgan fingerprint density at radius 1 is 1.33 bits per heavy atom. The van der Waals surface area contributed by atoms with Crippen LogP contribution in [0.15, 0.2) is 0 Å². The second-order valence-corrected chi connectivity index (χ2v) is 3.90. The lowest BCUT2D eigenvalue weighted by molar-refractivity contribution is -0.155. The van der Waals surface area contributed by atoms with Crippen molar-refractivity contribution in [2.45, 2.75) is 50.7 Å². The minimum atomic E-state index is -1.08. The topological polar surface area (TPSA) is 89.6 Å². The SMILES string of the molecule is N[C@H](CC(=O)O)C(=O)OC1CCCCC1. The summed E-state index contributed by atoms with van der Waals surface area (Å²) in [5.74, 6) is -1.67. The third-order valence-corrected chi connectivity index (χ3v) is 2.53. The van der Waals surface area contributed by atoms with Crippen LogP contribution in [-0.2, 0) is 14.3 Å². The van der Waals surface area contributed by atoms with Crippen molar-refractivity contribution in [3.05, 3.63) is 0 Å². The fraction of sp³-hybridized carbons (Fsp3) is 0.800. The highest BCUT2D eigenvalue weighted by Crippen LogP contribution is 2.20. The fourth-order valence-electron chi connectivity index (χ4n) is 1.71. The van der Waals surface area contributed by atoms with Crippen LogP contribution < -0.4 is 5.73 Å². The van der Waals surface area contributed by atoms with Crippen molar-refractivity contribution < 1.29 is 19.4 Å². The molecule has 1 atom stereocenters. The molecule has 1 rings (SSSR count). The summed E-state index contributed by atoms with van der Waals surface area (Å²) in [6.45, 7) is 0. The average Bonchev–Trinajstić information content (AvgIpc) is 2.18. The van der Waals surface area contributed by atoms with Gasteiger partial charge in [0.1, 0.15) is 12.1 Å². The zero-order chi connectivity index (χ0) is 11.3. The molecule has 5 heteroatoms. The van der Waals surface area contributed by atoms with Crippen LogP contribution in [0.2, 0.25) is 0 Å². The Morgan fingerprint density at radius 3 is 2.47 bits per heavy atom. The van der Waals surface area contributed by atoms with Crippen molar-refractivity contribution in [2.75, 3.05) is 0 Å². The van der Waals surface area contributed by atoms with E-state index in [1.807, 2.05) is 0 Å². The largest absolute Gasteiger partial charge is 0.481 e. The van der Waals surface area contributed by atoms with Gasteiger partial charge in [-0.3, -0.25) is 9.59 Å². The number of hydrogen-bond donors (Lipinski definition) is 2. The molecule has 0 bridgehead atoms. The Kier molecular flexibility index (Phi) is 4.55. The maximum Gasteiger partial charge on any atom is 0.323 e. The van der Waals surface area contributed by atoms with Gasteiger partial charge in [0.15, 0.2) is 0 Å². The smallest absolute Gasteiger partial charge is 0.323 e. The van der Waals surface area contributed by atoms with Crippen LogP contribution in [0.1, 0.15) is 38.5 Å². The average molecular weight is 215 g/mol. The molecule has 0 aliphatic heterocycles. The van der Waals surface area contributed by atoms with Gasteiger partial charge in [-0.15, -0.1) is 0 Å². The fourth-order valence-corrected chi connectivity index (χ4v) is 1.71. The van der Waals surface area contributed by atoms with Crippen LogP contribution in [0.5, 0.6) is 0 Å². The number of carboxylic acid groups (broad SMARTS) is 1. The minimum Gasteiger partial charge on any atom is -0.481 e. The number of ether oxygens (including phenoxy) is 1. The summed E-state index contributed by atoms with van der Waals surface area (Å²) in [5, 5.41) is 8.45. The van der Waals surface area contributed by atoms with E-state index in [1.54, 1.807) is 0 Å². The summed E-state index contributed by atoms with van der Waals surface area (Å²) in [6, 6.07) is -1.04. The van der Waals surface area contributed by atoms with Crippen LogP contribution in [0.4, 0.5) is 0 Å². The Hall–Kier alpha value is -1.10. The van der Waals surface area contributed by atoms with Gasteiger partial charge in [0.2, 0.25) is 0 Å². The lowest BCUT2D eigenvalue weighted by atomic mass is 9.98. The van der Waals surface area contributed by atoms with Crippen molar-refractivity contribution in [2.24, 2.45) is 5.73 Å². The molecule has 1 fully saturated rings. The van der Waals surface area contributed by atoms with Crippen LogP contribution in [0.3, 0.4) is 0 Å². The van der Waals surface area contributed by atoms with Crippen LogP contribution in [0, 0.1) is 0 Å². The van der Waals surface area contributed by atoms with Crippen LogP contribution in [0.25, 0.3) is 0 Å². The van der Waals surface area contributed by atoms with Gasteiger partial charge in [-0.2, -0.15) is 0 Å². The quantitative estimate of drug-likeness (QED) is 0.672. The summed E-state index contributed by atoms with van der Waals surface area (Å²) in [4.78, 5) is 21.7. The number of hydrogen-bond acceptors (Lipinski definition) is 4. The van der Waals surface area contributed by atoms with Gasteiger partial charge in [-0.05, 0) is 25.7 Å². The number of carbonyl (C=O) groups excluding carboxylic acids is 1. The van der Waals surface area contributed by atoms with E-state index in [0.29, 0.717) is 0 Å². The molecule has 0 unspecified atom stereocenters. The van der Waals surface area contributed by atoms with Gasteiger partial charge in [0, 0.05) is 0 Å². The molecule has 0 aromatic rings. The predicted molar refractivity (Wildman–Crippen MR) is 53.2 cm³/mol.